The standard InChI is InChI=1S/C25H20ClN3O5S2/c1-4-34-25(31)22-14(2)15(3)35-24(22)28-23(30)17(13-27)11-16-12-19(29(32)33)7-10-21(16)36-20-8-5-18(26)6-9-20/h5-12H,4H2,1-3H3,(H,28,30). The van der Waals surface area contributed by atoms with Crippen LogP contribution < -0.4 is 5.32 Å². The van der Waals surface area contributed by atoms with E-state index in [1.165, 1.54) is 41.3 Å². The number of nitro groups is 1. The van der Waals surface area contributed by atoms with E-state index in [0.29, 0.717) is 21.0 Å². The van der Waals surface area contributed by atoms with E-state index in [-0.39, 0.29) is 28.4 Å². The van der Waals surface area contributed by atoms with Gasteiger partial charge in [-0.2, -0.15) is 5.26 Å². The summed E-state index contributed by atoms with van der Waals surface area (Å²) in [6.07, 6.45) is 1.29. The SMILES string of the molecule is CCOC(=O)c1c(NC(=O)C(C#N)=Cc2cc([N+](=O)[O-])ccc2Sc2ccc(Cl)cc2)sc(C)c1C. The maximum Gasteiger partial charge on any atom is 0.341 e. The van der Waals surface area contributed by atoms with E-state index in [0.717, 1.165) is 9.77 Å². The molecule has 36 heavy (non-hydrogen) atoms. The van der Waals surface area contributed by atoms with E-state index in [4.69, 9.17) is 16.3 Å². The molecule has 0 atom stereocenters. The summed E-state index contributed by atoms with van der Waals surface area (Å²) >= 11 is 8.45. The predicted molar refractivity (Wildman–Crippen MR) is 141 cm³/mol. The van der Waals surface area contributed by atoms with Gasteiger partial charge in [0.15, 0.2) is 0 Å². The number of esters is 1. The van der Waals surface area contributed by atoms with Crippen LogP contribution in [0.5, 0.6) is 0 Å². The van der Waals surface area contributed by atoms with Gasteiger partial charge in [0.2, 0.25) is 0 Å². The second-order valence-corrected chi connectivity index (χ2v) is 10.1. The maximum absolute atomic E-state index is 13.0. The van der Waals surface area contributed by atoms with Crippen LogP contribution in [0.15, 0.2) is 57.8 Å². The van der Waals surface area contributed by atoms with Gasteiger partial charge in [0.05, 0.1) is 17.1 Å². The van der Waals surface area contributed by atoms with Crippen molar-refractivity contribution in [1.82, 2.24) is 0 Å². The van der Waals surface area contributed by atoms with Crippen molar-refractivity contribution in [2.24, 2.45) is 0 Å². The quantitative estimate of drug-likeness (QED) is 0.109. The van der Waals surface area contributed by atoms with Crippen molar-refractivity contribution in [3.63, 3.8) is 0 Å². The zero-order chi connectivity index (χ0) is 26.4. The van der Waals surface area contributed by atoms with Crippen LogP contribution in [0.1, 0.15) is 33.3 Å². The fourth-order valence-electron chi connectivity index (χ4n) is 3.12. The normalized spacial score (nSPS) is 11.0. The van der Waals surface area contributed by atoms with Crippen molar-refractivity contribution in [2.75, 3.05) is 11.9 Å². The first-order valence-corrected chi connectivity index (χ1v) is 12.6. The number of benzene rings is 2. The molecule has 2 aromatic carbocycles. The van der Waals surface area contributed by atoms with E-state index in [1.807, 2.05) is 13.0 Å². The Hall–Kier alpha value is -3.65. The highest BCUT2D eigenvalue weighted by Crippen LogP contribution is 2.36. The summed E-state index contributed by atoms with van der Waals surface area (Å²) in [6, 6.07) is 13.1. The molecule has 0 saturated carbocycles. The Morgan fingerprint density at radius 2 is 1.94 bits per heavy atom. The van der Waals surface area contributed by atoms with E-state index < -0.39 is 16.8 Å². The summed E-state index contributed by atoms with van der Waals surface area (Å²) in [7, 11) is 0. The maximum atomic E-state index is 13.0. The van der Waals surface area contributed by atoms with Gasteiger partial charge in [0, 0.05) is 31.8 Å². The molecule has 0 fully saturated rings. The Morgan fingerprint density at radius 1 is 1.25 bits per heavy atom. The molecule has 1 aromatic heterocycles. The Labute approximate surface area is 220 Å². The van der Waals surface area contributed by atoms with Gasteiger partial charge in [0.25, 0.3) is 11.6 Å². The lowest BCUT2D eigenvalue weighted by atomic mass is 10.1. The molecule has 3 aromatic rings. The molecule has 0 spiro atoms. The van der Waals surface area contributed by atoms with Crippen LogP contribution in [0, 0.1) is 35.3 Å². The second-order valence-electron chi connectivity index (χ2n) is 7.37. The van der Waals surface area contributed by atoms with Crippen LogP contribution in [0.3, 0.4) is 0 Å². The Balaban J connectivity index is 1.99. The van der Waals surface area contributed by atoms with Gasteiger partial charge >= 0.3 is 5.97 Å². The average Bonchev–Trinajstić information content (AvgIpc) is 3.12. The van der Waals surface area contributed by atoms with Crippen LogP contribution >= 0.6 is 34.7 Å². The average molecular weight is 542 g/mol. The zero-order valence-electron chi connectivity index (χ0n) is 19.5. The first kappa shape index (κ1) is 26.9. The number of nitro benzene ring substituents is 1. The fourth-order valence-corrected chi connectivity index (χ4v) is 5.19. The molecule has 0 aliphatic rings. The summed E-state index contributed by atoms with van der Waals surface area (Å²) < 4.78 is 5.10. The van der Waals surface area contributed by atoms with Gasteiger partial charge in [-0.15, -0.1) is 11.3 Å². The van der Waals surface area contributed by atoms with Crippen LogP contribution in [-0.2, 0) is 9.53 Å². The highest BCUT2D eigenvalue weighted by molar-refractivity contribution is 7.99. The van der Waals surface area contributed by atoms with Crippen molar-refractivity contribution < 1.29 is 19.2 Å². The van der Waals surface area contributed by atoms with E-state index >= 15 is 0 Å². The number of ether oxygens (including phenoxy) is 1. The van der Waals surface area contributed by atoms with E-state index in [1.54, 1.807) is 44.2 Å². The first-order chi connectivity index (χ1) is 17.1. The topological polar surface area (TPSA) is 122 Å². The Bertz CT molecular complexity index is 1410. The van der Waals surface area contributed by atoms with Crippen molar-refractivity contribution in [2.45, 2.75) is 30.6 Å². The lowest BCUT2D eigenvalue weighted by molar-refractivity contribution is -0.384. The minimum absolute atomic E-state index is 0.171. The van der Waals surface area contributed by atoms with Gasteiger partial charge in [-0.25, -0.2) is 4.79 Å². The number of nitrogens with one attached hydrogen (secondary N) is 1. The molecule has 0 radical (unpaired) electrons. The number of carbonyl (C=O) groups is 2. The van der Waals surface area contributed by atoms with Gasteiger partial charge in [0.1, 0.15) is 16.6 Å². The minimum Gasteiger partial charge on any atom is -0.462 e. The molecule has 0 aliphatic heterocycles. The third-order valence-corrected chi connectivity index (χ3v) is 7.48. The number of hydrogen-bond acceptors (Lipinski definition) is 8. The third kappa shape index (κ3) is 6.31. The largest absolute Gasteiger partial charge is 0.462 e. The highest BCUT2D eigenvalue weighted by Gasteiger charge is 2.23. The van der Waals surface area contributed by atoms with Crippen LogP contribution in [0.4, 0.5) is 10.7 Å². The predicted octanol–water partition coefficient (Wildman–Crippen LogP) is 6.80. The fraction of sp³-hybridized carbons (Fsp3) is 0.160. The minimum atomic E-state index is -0.752. The van der Waals surface area contributed by atoms with Gasteiger partial charge in [-0.05, 0) is 68.3 Å². The summed E-state index contributed by atoms with van der Waals surface area (Å²) in [4.78, 5) is 38.5. The molecular formula is C25H20ClN3O5S2. The summed E-state index contributed by atoms with van der Waals surface area (Å²) in [5.74, 6) is -1.32. The number of thiophene rings is 1. The molecule has 1 amide bonds. The number of carbonyl (C=O) groups excluding carboxylic acids is 2. The van der Waals surface area contributed by atoms with Gasteiger partial charge in [-0.3, -0.25) is 14.9 Å². The smallest absolute Gasteiger partial charge is 0.341 e. The number of aryl methyl sites for hydroxylation is 1. The number of nitriles is 1. The Morgan fingerprint density at radius 3 is 2.56 bits per heavy atom. The van der Waals surface area contributed by atoms with Crippen molar-refractivity contribution in [1.29, 1.82) is 5.26 Å². The van der Waals surface area contributed by atoms with Crippen LogP contribution in [-0.4, -0.2) is 23.4 Å². The lowest BCUT2D eigenvalue weighted by Gasteiger charge is -2.09. The number of non-ortho nitro benzene ring substituents is 1. The van der Waals surface area contributed by atoms with Crippen LogP contribution in [0.25, 0.3) is 6.08 Å². The summed E-state index contributed by atoms with van der Waals surface area (Å²) in [5, 5.41) is 24.5. The van der Waals surface area contributed by atoms with Crippen molar-refractivity contribution in [3.8, 4) is 6.07 Å². The highest BCUT2D eigenvalue weighted by atomic mass is 35.5. The summed E-state index contributed by atoms with van der Waals surface area (Å²) in [6.45, 7) is 5.41. The summed E-state index contributed by atoms with van der Waals surface area (Å²) in [5.41, 5.74) is 0.761. The van der Waals surface area contributed by atoms with E-state index in [9.17, 15) is 25.0 Å². The molecule has 0 saturated heterocycles. The number of amides is 1. The van der Waals surface area contributed by atoms with Crippen LogP contribution in [0.2, 0.25) is 5.02 Å². The lowest BCUT2D eigenvalue weighted by Crippen LogP contribution is -2.16. The number of nitrogens with zero attached hydrogens (tertiary/aromatic N) is 2. The second kappa shape index (κ2) is 11.9. The monoisotopic (exact) mass is 541 g/mol. The molecule has 184 valence electrons. The number of halogens is 1. The van der Waals surface area contributed by atoms with Gasteiger partial charge in [-0.1, -0.05) is 23.4 Å². The molecule has 0 unspecified atom stereocenters. The van der Waals surface area contributed by atoms with Gasteiger partial charge < -0.3 is 10.1 Å². The molecule has 3 rings (SSSR count). The number of hydrogen-bond donors (Lipinski definition) is 1. The van der Waals surface area contributed by atoms with Crippen molar-refractivity contribution in [3.05, 3.63) is 84.7 Å². The molecule has 8 nitrogen and oxygen atoms in total. The van der Waals surface area contributed by atoms with Crippen molar-refractivity contribution >= 4 is 63.3 Å². The molecule has 11 heteroatoms. The molecule has 1 N–H and O–H groups in total. The Kier molecular flexibility index (Phi) is 8.88. The number of anilines is 1. The molecule has 0 bridgehead atoms. The molecule has 1 heterocycles. The third-order valence-electron chi connectivity index (χ3n) is 5.00. The van der Waals surface area contributed by atoms with E-state index in [2.05, 4.69) is 5.32 Å². The first-order valence-electron chi connectivity index (χ1n) is 10.6. The number of rotatable bonds is 8. The molecular weight excluding hydrogens is 522 g/mol. The zero-order valence-corrected chi connectivity index (χ0v) is 21.8. The molecule has 0 aliphatic carbocycles.